The maximum Gasteiger partial charge on any atom is 0.490 e. The Morgan fingerprint density at radius 1 is 1.15 bits per heavy atom. The van der Waals surface area contributed by atoms with Crippen LogP contribution in [0.1, 0.15) is 25.7 Å². The fraction of sp³-hybridized carbons (Fsp3) is 0.471. The van der Waals surface area contributed by atoms with Crippen molar-refractivity contribution >= 4 is 17.8 Å². The maximum absolute atomic E-state index is 12.3. The molecule has 2 aliphatic heterocycles. The number of allylic oxidation sites excluding steroid dienone is 4. The minimum absolute atomic E-state index is 0.0580. The molecule has 3 unspecified atom stereocenters. The molecule has 0 aromatic heterocycles. The molecule has 0 saturated carbocycles. The Labute approximate surface area is 147 Å². The van der Waals surface area contributed by atoms with Crippen molar-refractivity contribution in [3.05, 3.63) is 36.1 Å². The Morgan fingerprint density at radius 3 is 2.35 bits per heavy atom. The standard InChI is InChI=1S/C15H17NO3.C2HF3O2/c17-14-9-8-10-4-1-2-5-11(10)12-6-3-7-13(15(18)19)16(12)14;3-2(4,5)1(6)7/h1-3,6-7,10-12H,4-5,8-9H2,(H,18,19);(H,6,7). The highest BCUT2D eigenvalue weighted by atomic mass is 19.4. The highest BCUT2D eigenvalue weighted by Gasteiger charge is 2.41. The van der Waals surface area contributed by atoms with E-state index in [0.29, 0.717) is 18.3 Å². The van der Waals surface area contributed by atoms with Gasteiger partial charge in [-0.25, -0.2) is 9.59 Å². The number of nitrogens with zero attached hydrogens (tertiary/aromatic N) is 1. The van der Waals surface area contributed by atoms with Gasteiger partial charge >= 0.3 is 18.1 Å². The van der Waals surface area contributed by atoms with Gasteiger partial charge in [0.25, 0.3) is 0 Å². The van der Waals surface area contributed by atoms with Gasteiger partial charge in [0.2, 0.25) is 5.91 Å². The lowest BCUT2D eigenvalue weighted by Gasteiger charge is -2.38. The van der Waals surface area contributed by atoms with E-state index in [1.54, 1.807) is 6.08 Å². The summed E-state index contributed by atoms with van der Waals surface area (Å²) in [4.78, 5) is 34.0. The van der Waals surface area contributed by atoms with Crippen LogP contribution in [0.5, 0.6) is 0 Å². The molecule has 1 fully saturated rings. The van der Waals surface area contributed by atoms with Gasteiger partial charge in [0.1, 0.15) is 5.70 Å². The second kappa shape index (κ2) is 7.76. The van der Waals surface area contributed by atoms with Crippen LogP contribution in [0.25, 0.3) is 0 Å². The van der Waals surface area contributed by atoms with Crippen LogP contribution in [-0.4, -0.2) is 45.2 Å². The number of carboxylic acids is 2. The molecule has 6 nitrogen and oxygen atoms in total. The van der Waals surface area contributed by atoms with Gasteiger partial charge < -0.3 is 10.2 Å². The Hall–Kier alpha value is -2.58. The number of hydrogen-bond acceptors (Lipinski definition) is 3. The molecule has 2 N–H and O–H groups in total. The van der Waals surface area contributed by atoms with E-state index in [1.807, 2.05) is 6.08 Å². The molecule has 9 heteroatoms. The molecular formula is C17H18F3NO5. The zero-order valence-corrected chi connectivity index (χ0v) is 13.6. The number of carboxylic acid groups (broad SMARTS) is 2. The van der Waals surface area contributed by atoms with Gasteiger partial charge in [-0.1, -0.05) is 24.3 Å². The summed E-state index contributed by atoms with van der Waals surface area (Å²) >= 11 is 0. The molecule has 3 atom stereocenters. The van der Waals surface area contributed by atoms with Crippen LogP contribution in [-0.2, 0) is 14.4 Å². The van der Waals surface area contributed by atoms with Gasteiger partial charge in [0, 0.05) is 6.42 Å². The molecule has 142 valence electrons. The average Bonchev–Trinajstić information content (AvgIpc) is 2.72. The molecule has 1 amide bonds. The molecule has 0 aromatic carbocycles. The Balaban J connectivity index is 0.000000298. The molecule has 0 bridgehead atoms. The summed E-state index contributed by atoms with van der Waals surface area (Å²) < 4.78 is 31.7. The third-order valence-corrected chi connectivity index (χ3v) is 4.64. The number of halogens is 3. The number of carbonyl (C=O) groups excluding carboxylic acids is 1. The number of alkyl halides is 3. The fourth-order valence-corrected chi connectivity index (χ4v) is 3.47. The zero-order chi connectivity index (χ0) is 19.5. The Kier molecular flexibility index (Phi) is 5.89. The zero-order valence-electron chi connectivity index (χ0n) is 13.6. The first-order chi connectivity index (χ1) is 12.1. The minimum Gasteiger partial charge on any atom is -0.477 e. The first-order valence-corrected chi connectivity index (χ1v) is 8.02. The Morgan fingerprint density at radius 2 is 1.77 bits per heavy atom. The van der Waals surface area contributed by atoms with Gasteiger partial charge in [0.15, 0.2) is 0 Å². The number of carbonyl (C=O) groups is 3. The lowest BCUT2D eigenvalue weighted by molar-refractivity contribution is -0.192. The first-order valence-electron chi connectivity index (χ1n) is 8.02. The fourth-order valence-electron chi connectivity index (χ4n) is 3.47. The lowest BCUT2D eigenvalue weighted by Crippen LogP contribution is -2.45. The second-order valence-corrected chi connectivity index (χ2v) is 6.20. The summed E-state index contributed by atoms with van der Waals surface area (Å²) in [5.74, 6) is -3.00. The number of fused-ring (bicyclic) bond motifs is 3. The molecular weight excluding hydrogens is 355 g/mol. The predicted molar refractivity (Wildman–Crippen MR) is 83.8 cm³/mol. The minimum atomic E-state index is -5.08. The van der Waals surface area contributed by atoms with Crippen LogP contribution in [0.15, 0.2) is 36.1 Å². The summed E-state index contributed by atoms with van der Waals surface area (Å²) in [6, 6.07) is -0.0963. The third kappa shape index (κ3) is 4.33. The molecule has 3 aliphatic rings. The van der Waals surface area contributed by atoms with Gasteiger partial charge in [-0.15, -0.1) is 0 Å². The van der Waals surface area contributed by atoms with Crippen LogP contribution in [0, 0.1) is 11.8 Å². The van der Waals surface area contributed by atoms with Crippen molar-refractivity contribution in [1.29, 1.82) is 0 Å². The van der Waals surface area contributed by atoms with Crippen molar-refractivity contribution in [1.82, 2.24) is 4.90 Å². The normalized spacial score (nSPS) is 27.3. The van der Waals surface area contributed by atoms with Crippen LogP contribution in [0.2, 0.25) is 0 Å². The quantitative estimate of drug-likeness (QED) is 0.689. The van der Waals surface area contributed by atoms with Crippen molar-refractivity contribution in [2.45, 2.75) is 37.9 Å². The third-order valence-electron chi connectivity index (χ3n) is 4.64. The molecule has 0 spiro atoms. The Bertz CT molecular complexity index is 680. The molecule has 0 aromatic rings. The highest BCUT2D eigenvalue weighted by Crippen LogP contribution is 2.39. The molecule has 0 radical (unpaired) electrons. The van der Waals surface area contributed by atoms with Crippen LogP contribution < -0.4 is 0 Å². The van der Waals surface area contributed by atoms with Gasteiger partial charge in [0.05, 0.1) is 6.04 Å². The highest BCUT2D eigenvalue weighted by molar-refractivity contribution is 5.94. The van der Waals surface area contributed by atoms with Crippen molar-refractivity contribution in [3.63, 3.8) is 0 Å². The molecule has 2 heterocycles. The van der Waals surface area contributed by atoms with E-state index in [-0.39, 0.29) is 17.6 Å². The molecule has 26 heavy (non-hydrogen) atoms. The summed E-state index contributed by atoms with van der Waals surface area (Å²) in [5, 5.41) is 16.4. The predicted octanol–water partition coefficient (Wildman–Crippen LogP) is 2.73. The van der Waals surface area contributed by atoms with E-state index in [2.05, 4.69) is 12.2 Å². The first kappa shape index (κ1) is 19.7. The van der Waals surface area contributed by atoms with Crippen molar-refractivity contribution in [3.8, 4) is 0 Å². The van der Waals surface area contributed by atoms with Gasteiger partial charge in [-0.2, -0.15) is 13.2 Å². The SMILES string of the molecule is O=C(O)C(F)(F)F.O=C(O)C1=CC=CC2C3CC=CCC3CCC(=O)N12. The maximum atomic E-state index is 12.3. The van der Waals surface area contributed by atoms with E-state index in [1.165, 1.54) is 11.0 Å². The lowest BCUT2D eigenvalue weighted by atomic mass is 9.76. The second-order valence-electron chi connectivity index (χ2n) is 6.20. The van der Waals surface area contributed by atoms with Crippen molar-refractivity contribution in [2.75, 3.05) is 0 Å². The number of hydrogen-bond donors (Lipinski definition) is 2. The topological polar surface area (TPSA) is 94.9 Å². The monoisotopic (exact) mass is 373 g/mol. The van der Waals surface area contributed by atoms with E-state index in [4.69, 9.17) is 9.90 Å². The van der Waals surface area contributed by atoms with Crippen LogP contribution >= 0.6 is 0 Å². The number of amides is 1. The molecule has 1 saturated heterocycles. The number of rotatable bonds is 1. The average molecular weight is 373 g/mol. The van der Waals surface area contributed by atoms with Crippen LogP contribution in [0.3, 0.4) is 0 Å². The van der Waals surface area contributed by atoms with Crippen molar-refractivity contribution < 1.29 is 37.8 Å². The van der Waals surface area contributed by atoms with E-state index >= 15 is 0 Å². The largest absolute Gasteiger partial charge is 0.490 e. The molecule has 1 aliphatic carbocycles. The van der Waals surface area contributed by atoms with Gasteiger partial charge in [-0.05, 0) is 37.2 Å². The molecule has 3 rings (SSSR count). The van der Waals surface area contributed by atoms with Crippen LogP contribution in [0.4, 0.5) is 13.2 Å². The number of aliphatic carboxylic acids is 2. The van der Waals surface area contributed by atoms with Gasteiger partial charge in [-0.3, -0.25) is 9.69 Å². The summed E-state index contributed by atoms with van der Waals surface area (Å²) in [6.07, 6.45) is 7.77. The smallest absolute Gasteiger partial charge is 0.477 e. The summed E-state index contributed by atoms with van der Waals surface area (Å²) in [6.45, 7) is 0. The van der Waals surface area contributed by atoms with E-state index in [9.17, 15) is 27.9 Å². The summed E-state index contributed by atoms with van der Waals surface area (Å²) in [5.41, 5.74) is 0.118. The van der Waals surface area contributed by atoms with E-state index in [0.717, 1.165) is 19.3 Å². The summed E-state index contributed by atoms with van der Waals surface area (Å²) in [7, 11) is 0. The van der Waals surface area contributed by atoms with Crippen molar-refractivity contribution in [2.24, 2.45) is 11.8 Å². The van der Waals surface area contributed by atoms with E-state index < -0.39 is 18.1 Å².